The molecule has 1 aromatic rings. The maximum absolute atomic E-state index is 10.9. The largest absolute Gasteiger partial charge is 0.336 e. The molecule has 2 heterocycles. The quantitative estimate of drug-likeness (QED) is 0.663. The van der Waals surface area contributed by atoms with Gasteiger partial charge in [-0.05, 0) is 6.07 Å². The molecule has 0 bridgehead atoms. The molecule has 0 unspecified atom stereocenters. The molecule has 0 radical (unpaired) electrons. The van der Waals surface area contributed by atoms with Crippen LogP contribution in [0.2, 0.25) is 5.15 Å². The van der Waals surface area contributed by atoms with Gasteiger partial charge in [0.15, 0.2) is 0 Å². The molecule has 68 valence electrons. The summed E-state index contributed by atoms with van der Waals surface area (Å²) in [6.45, 7) is 0.560. The highest BCUT2D eigenvalue weighted by Crippen LogP contribution is 2.21. The van der Waals surface area contributed by atoms with Crippen molar-refractivity contribution in [3.63, 3.8) is 0 Å². The molecular formula is C8H8ClN3O. The van der Waals surface area contributed by atoms with Gasteiger partial charge in [-0.1, -0.05) is 17.7 Å². The van der Waals surface area contributed by atoms with Crippen molar-refractivity contribution in [2.24, 2.45) is 0 Å². The van der Waals surface area contributed by atoms with Crippen molar-refractivity contribution in [1.82, 2.24) is 15.6 Å². The second kappa shape index (κ2) is 3.22. The molecular weight excluding hydrogens is 190 g/mol. The first-order valence-corrected chi connectivity index (χ1v) is 4.30. The van der Waals surface area contributed by atoms with Gasteiger partial charge in [-0.3, -0.25) is 0 Å². The normalized spacial score (nSPS) is 21.0. The van der Waals surface area contributed by atoms with Gasteiger partial charge in [0.05, 0.1) is 6.04 Å². The smallest absolute Gasteiger partial charge is 0.315 e. The molecule has 4 nitrogen and oxygen atoms in total. The van der Waals surface area contributed by atoms with Crippen LogP contribution in [0.15, 0.2) is 18.3 Å². The Morgan fingerprint density at radius 1 is 1.62 bits per heavy atom. The Morgan fingerprint density at radius 3 is 3.08 bits per heavy atom. The highest BCUT2D eigenvalue weighted by Gasteiger charge is 2.23. The predicted molar refractivity (Wildman–Crippen MR) is 48.5 cm³/mol. The van der Waals surface area contributed by atoms with Gasteiger partial charge in [-0.15, -0.1) is 0 Å². The average Bonchev–Trinajstić information content (AvgIpc) is 2.53. The van der Waals surface area contributed by atoms with Gasteiger partial charge in [0, 0.05) is 18.3 Å². The Bertz CT molecular complexity index is 342. The van der Waals surface area contributed by atoms with Crippen LogP contribution in [0, 0.1) is 0 Å². The molecule has 0 aromatic carbocycles. The van der Waals surface area contributed by atoms with E-state index in [1.807, 2.05) is 6.07 Å². The van der Waals surface area contributed by atoms with Crippen LogP contribution >= 0.6 is 11.6 Å². The van der Waals surface area contributed by atoms with Crippen LogP contribution in [0.4, 0.5) is 4.79 Å². The number of rotatable bonds is 1. The average molecular weight is 198 g/mol. The second-order valence-corrected chi connectivity index (χ2v) is 3.15. The number of aromatic nitrogens is 1. The Morgan fingerprint density at radius 2 is 2.46 bits per heavy atom. The molecule has 1 aliphatic heterocycles. The summed E-state index contributed by atoms with van der Waals surface area (Å²) in [5.41, 5.74) is 0.850. The molecule has 0 spiro atoms. The first-order valence-electron chi connectivity index (χ1n) is 3.92. The highest BCUT2D eigenvalue weighted by molar-refractivity contribution is 6.30. The fourth-order valence-corrected chi connectivity index (χ4v) is 1.55. The number of hydrogen-bond donors (Lipinski definition) is 2. The van der Waals surface area contributed by atoms with Crippen LogP contribution in [0.3, 0.4) is 0 Å². The standard InChI is InChI=1S/C8H8ClN3O/c9-7-5(2-1-3-10-7)6-4-11-8(13)12-6/h1-3,6H,4H2,(H2,11,12,13)/t6-/m1/s1. The molecule has 0 aliphatic carbocycles. The monoisotopic (exact) mass is 197 g/mol. The number of carbonyl (C=O) groups is 1. The molecule has 2 rings (SSSR count). The maximum atomic E-state index is 10.9. The number of carbonyl (C=O) groups excluding carboxylic acids is 1. The van der Waals surface area contributed by atoms with E-state index in [0.717, 1.165) is 5.56 Å². The van der Waals surface area contributed by atoms with E-state index in [9.17, 15) is 4.79 Å². The number of hydrogen-bond acceptors (Lipinski definition) is 2. The van der Waals surface area contributed by atoms with E-state index in [-0.39, 0.29) is 12.1 Å². The van der Waals surface area contributed by atoms with Crippen molar-refractivity contribution in [2.45, 2.75) is 6.04 Å². The van der Waals surface area contributed by atoms with Crippen LogP contribution in [-0.2, 0) is 0 Å². The van der Waals surface area contributed by atoms with E-state index >= 15 is 0 Å². The fraction of sp³-hybridized carbons (Fsp3) is 0.250. The lowest BCUT2D eigenvalue weighted by Crippen LogP contribution is -2.21. The zero-order chi connectivity index (χ0) is 9.26. The van der Waals surface area contributed by atoms with E-state index in [1.165, 1.54) is 0 Å². The number of halogens is 1. The Balaban J connectivity index is 2.26. The van der Waals surface area contributed by atoms with Crippen molar-refractivity contribution in [3.8, 4) is 0 Å². The lowest BCUT2D eigenvalue weighted by atomic mass is 10.1. The van der Waals surface area contributed by atoms with Crippen LogP contribution < -0.4 is 10.6 Å². The molecule has 5 heteroatoms. The zero-order valence-corrected chi connectivity index (χ0v) is 7.51. The maximum Gasteiger partial charge on any atom is 0.315 e. The first-order chi connectivity index (χ1) is 6.27. The number of nitrogens with zero attached hydrogens (tertiary/aromatic N) is 1. The van der Waals surface area contributed by atoms with Gasteiger partial charge in [-0.2, -0.15) is 0 Å². The summed E-state index contributed by atoms with van der Waals surface area (Å²) in [5.74, 6) is 0. The zero-order valence-electron chi connectivity index (χ0n) is 6.75. The van der Waals surface area contributed by atoms with Gasteiger partial charge in [0.2, 0.25) is 0 Å². The van der Waals surface area contributed by atoms with E-state index < -0.39 is 0 Å². The highest BCUT2D eigenvalue weighted by atomic mass is 35.5. The van der Waals surface area contributed by atoms with Crippen LogP contribution in [0.1, 0.15) is 11.6 Å². The van der Waals surface area contributed by atoms with E-state index in [4.69, 9.17) is 11.6 Å². The van der Waals surface area contributed by atoms with Crippen LogP contribution in [0.25, 0.3) is 0 Å². The first kappa shape index (κ1) is 8.31. The lowest BCUT2D eigenvalue weighted by Gasteiger charge is -2.09. The Labute approximate surface area is 80.3 Å². The van der Waals surface area contributed by atoms with Crippen molar-refractivity contribution in [3.05, 3.63) is 29.0 Å². The van der Waals surface area contributed by atoms with Crippen LogP contribution in [-0.4, -0.2) is 17.6 Å². The fourth-order valence-electron chi connectivity index (χ4n) is 1.30. The summed E-state index contributed by atoms with van der Waals surface area (Å²) in [7, 11) is 0. The third-order valence-corrected chi connectivity index (χ3v) is 2.25. The van der Waals surface area contributed by atoms with E-state index in [1.54, 1.807) is 12.3 Å². The number of amides is 2. The molecule has 2 amide bonds. The summed E-state index contributed by atoms with van der Waals surface area (Å²) in [5, 5.41) is 5.84. The van der Waals surface area contributed by atoms with Crippen molar-refractivity contribution < 1.29 is 4.79 Å². The summed E-state index contributed by atoms with van der Waals surface area (Å²) < 4.78 is 0. The van der Waals surface area contributed by atoms with E-state index in [2.05, 4.69) is 15.6 Å². The van der Waals surface area contributed by atoms with Gasteiger partial charge in [-0.25, -0.2) is 9.78 Å². The molecule has 1 saturated heterocycles. The minimum absolute atomic E-state index is 0.0614. The molecule has 1 aromatic heterocycles. The van der Waals surface area contributed by atoms with Gasteiger partial charge in [0.1, 0.15) is 5.15 Å². The number of urea groups is 1. The second-order valence-electron chi connectivity index (χ2n) is 2.79. The third-order valence-electron chi connectivity index (χ3n) is 1.94. The molecule has 1 fully saturated rings. The third kappa shape index (κ3) is 1.58. The Kier molecular flexibility index (Phi) is 2.06. The summed E-state index contributed by atoms with van der Waals surface area (Å²) in [6, 6.07) is 3.43. The predicted octanol–water partition coefficient (Wildman–Crippen LogP) is 1.09. The van der Waals surface area contributed by atoms with Gasteiger partial charge >= 0.3 is 6.03 Å². The van der Waals surface area contributed by atoms with Crippen molar-refractivity contribution in [1.29, 1.82) is 0 Å². The molecule has 2 N–H and O–H groups in total. The molecule has 0 saturated carbocycles. The van der Waals surface area contributed by atoms with Crippen molar-refractivity contribution >= 4 is 17.6 Å². The topological polar surface area (TPSA) is 54.0 Å². The van der Waals surface area contributed by atoms with Gasteiger partial charge < -0.3 is 10.6 Å². The Hall–Kier alpha value is -1.29. The summed E-state index contributed by atoms with van der Waals surface area (Å²) >= 11 is 5.86. The lowest BCUT2D eigenvalue weighted by molar-refractivity contribution is 0.247. The minimum Gasteiger partial charge on any atom is -0.336 e. The molecule has 1 aliphatic rings. The summed E-state index contributed by atoms with van der Waals surface area (Å²) in [6.07, 6.45) is 1.62. The SMILES string of the molecule is O=C1NC[C@H](c2cccnc2Cl)N1. The minimum atomic E-state index is -0.162. The molecule has 1 atom stereocenters. The molecule has 13 heavy (non-hydrogen) atoms. The van der Waals surface area contributed by atoms with Gasteiger partial charge in [0.25, 0.3) is 0 Å². The number of nitrogens with one attached hydrogen (secondary N) is 2. The van der Waals surface area contributed by atoms with E-state index in [0.29, 0.717) is 11.7 Å². The van der Waals surface area contributed by atoms with Crippen LogP contribution in [0.5, 0.6) is 0 Å². The van der Waals surface area contributed by atoms with Crippen molar-refractivity contribution in [2.75, 3.05) is 6.54 Å². The number of pyridine rings is 1. The summed E-state index contributed by atoms with van der Waals surface area (Å²) in [4.78, 5) is 14.8.